The lowest BCUT2D eigenvalue weighted by Crippen LogP contribution is -2.36. The average Bonchev–Trinajstić information content (AvgIpc) is 2.98. The van der Waals surface area contributed by atoms with Gasteiger partial charge in [-0.3, -0.25) is 0 Å². The maximum Gasteiger partial charge on any atom is 0.209 e. The maximum atomic E-state index is 11.8. The van der Waals surface area contributed by atoms with E-state index < -0.39 is 21.7 Å². The molecule has 2 atom stereocenters. The van der Waals surface area contributed by atoms with E-state index in [0.717, 1.165) is 17.4 Å². The maximum absolute atomic E-state index is 11.8. The Kier molecular flexibility index (Phi) is 4.73. The molecule has 0 spiro atoms. The first-order valence-electron chi connectivity index (χ1n) is 7.68. The molecule has 6 heteroatoms. The van der Waals surface area contributed by atoms with Crippen molar-refractivity contribution in [3.05, 3.63) is 60.2 Å². The van der Waals surface area contributed by atoms with Crippen LogP contribution in [-0.4, -0.2) is 44.9 Å². The number of sulfone groups is 1. The smallest absolute Gasteiger partial charge is 0.209 e. The zero-order chi connectivity index (χ0) is 17.2. The van der Waals surface area contributed by atoms with E-state index in [2.05, 4.69) is 0 Å². The predicted molar refractivity (Wildman–Crippen MR) is 91.2 cm³/mol. The number of aliphatic hydroxyl groups is 1. The van der Waals surface area contributed by atoms with Crippen molar-refractivity contribution < 1.29 is 23.0 Å². The fraction of sp³-hybridized carbons (Fsp3) is 0.333. The van der Waals surface area contributed by atoms with Gasteiger partial charge in [-0.05, 0) is 11.1 Å². The molecule has 1 aliphatic rings. The third kappa shape index (κ3) is 3.67. The minimum Gasteiger partial charge on any atom is -0.394 e. The second-order valence-corrected chi connectivity index (χ2v) is 8.14. The molecule has 1 aliphatic heterocycles. The highest BCUT2D eigenvalue weighted by Gasteiger charge is 2.45. The molecule has 0 unspecified atom stereocenters. The Morgan fingerprint density at radius 1 is 1.08 bits per heavy atom. The van der Waals surface area contributed by atoms with Crippen LogP contribution < -0.4 is 0 Å². The second kappa shape index (κ2) is 6.64. The summed E-state index contributed by atoms with van der Waals surface area (Å²) in [5.41, 5.74) is 2.72. The Morgan fingerprint density at radius 3 is 2.25 bits per heavy atom. The SMILES string of the molecule is CS(=O)(=O)C[C@]1(c2ccc(-c3ccccc3)cc2)OC[C@@H](CO)O1. The summed E-state index contributed by atoms with van der Waals surface area (Å²) in [6.07, 6.45) is 0.618. The lowest BCUT2D eigenvalue weighted by Gasteiger charge is -2.27. The number of hydrogen-bond acceptors (Lipinski definition) is 5. The molecule has 0 bridgehead atoms. The molecule has 1 saturated heterocycles. The first-order valence-corrected chi connectivity index (χ1v) is 9.74. The third-order valence-electron chi connectivity index (χ3n) is 3.95. The van der Waals surface area contributed by atoms with E-state index in [1.54, 1.807) is 0 Å². The highest BCUT2D eigenvalue weighted by molar-refractivity contribution is 7.90. The van der Waals surface area contributed by atoms with Gasteiger partial charge in [0.2, 0.25) is 5.79 Å². The van der Waals surface area contributed by atoms with Crippen molar-refractivity contribution in [3.8, 4) is 11.1 Å². The fourth-order valence-corrected chi connectivity index (χ4v) is 3.87. The van der Waals surface area contributed by atoms with Crippen molar-refractivity contribution in [1.29, 1.82) is 0 Å². The standard InChI is InChI=1S/C18H20O5S/c1-24(20,21)13-18(22-12-17(11-19)23-18)16-9-7-15(8-10-16)14-5-3-2-4-6-14/h2-10,17,19H,11-13H2,1H3/t17-,18+/m1/s1. The molecule has 1 heterocycles. The minimum atomic E-state index is -3.34. The first kappa shape index (κ1) is 17.1. The van der Waals surface area contributed by atoms with Crippen LogP contribution in [0.1, 0.15) is 5.56 Å². The molecular formula is C18H20O5S. The molecule has 0 radical (unpaired) electrons. The monoisotopic (exact) mass is 348 g/mol. The summed E-state index contributed by atoms with van der Waals surface area (Å²) in [6.45, 7) is -0.0555. The second-order valence-electron chi connectivity index (χ2n) is 6.00. The van der Waals surface area contributed by atoms with Crippen molar-refractivity contribution in [3.63, 3.8) is 0 Å². The van der Waals surface area contributed by atoms with E-state index >= 15 is 0 Å². The molecule has 1 fully saturated rings. The van der Waals surface area contributed by atoms with Crippen LogP contribution >= 0.6 is 0 Å². The van der Waals surface area contributed by atoms with Gasteiger partial charge in [-0.25, -0.2) is 8.42 Å². The third-order valence-corrected chi connectivity index (χ3v) is 4.85. The van der Waals surface area contributed by atoms with Gasteiger partial charge in [0.1, 0.15) is 11.9 Å². The van der Waals surface area contributed by atoms with E-state index in [-0.39, 0.29) is 19.0 Å². The van der Waals surface area contributed by atoms with Crippen LogP contribution in [0.15, 0.2) is 54.6 Å². The van der Waals surface area contributed by atoms with Crippen LogP contribution in [0.3, 0.4) is 0 Å². The number of benzene rings is 2. The Balaban J connectivity index is 1.94. The molecular weight excluding hydrogens is 328 g/mol. The predicted octanol–water partition coefficient (Wildman–Crippen LogP) is 1.96. The van der Waals surface area contributed by atoms with Crippen LogP contribution in [0.5, 0.6) is 0 Å². The van der Waals surface area contributed by atoms with Crippen molar-refractivity contribution in [1.82, 2.24) is 0 Å². The molecule has 2 aromatic carbocycles. The highest BCUT2D eigenvalue weighted by atomic mass is 32.2. The van der Waals surface area contributed by atoms with Gasteiger partial charge in [0, 0.05) is 11.8 Å². The fourth-order valence-electron chi connectivity index (χ4n) is 2.86. The normalized spacial score (nSPS) is 24.2. The minimum absolute atomic E-state index is 0.159. The van der Waals surface area contributed by atoms with Crippen LogP contribution in [0, 0.1) is 0 Å². The summed E-state index contributed by atoms with van der Waals surface area (Å²) in [5, 5.41) is 9.28. The molecule has 1 N–H and O–H groups in total. The summed E-state index contributed by atoms with van der Waals surface area (Å²) >= 11 is 0. The Hall–Kier alpha value is -1.73. The number of rotatable bonds is 5. The molecule has 128 valence electrons. The summed E-state index contributed by atoms with van der Waals surface area (Å²) in [4.78, 5) is 0. The van der Waals surface area contributed by atoms with Crippen LogP contribution in [0.4, 0.5) is 0 Å². The van der Waals surface area contributed by atoms with Crippen molar-refractivity contribution in [2.24, 2.45) is 0 Å². The van der Waals surface area contributed by atoms with Gasteiger partial charge < -0.3 is 14.6 Å². The molecule has 24 heavy (non-hydrogen) atoms. The van der Waals surface area contributed by atoms with E-state index in [1.165, 1.54) is 0 Å². The Labute approximate surface area is 141 Å². The van der Waals surface area contributed by atoms with Gasteiger partial charge >= 0.3 is 0 Å². The zero-order valence-corrected chi connectivity index (χ0v) is 14.2. The Bertz CT molecular complexity index is 786. The average molecular weight is 348 g/mol. The van der Waals surface area contributed by atoms with Gasteiger partial charge in [-0.2, -0.15) is 0 Å². The highest BCUT2D eigenvalue weighted by Crippen LogP contribution is 2.36. The summed E-state index contributed by atoms with van der Waals surface area (Å²) in [7, 11) is -3.34. The van der Waals surface area contributed by atoms with E-state index in [1.807, 2.05) is 54.6 Å². The quantitative estimate of drug-likeness (QED) is 0.894. The molecule has 2 aromatic rings. The first-order chi connectivity index (χ1) is 11.4. The van der Waals surface area contributed by atoms with Gasteiger partial charge in [0.15, 0.2) is 9.84 Å². The molecule has 3 rings (SSSR count). The van der Waals surface area contributed by atoms with Crippen LogP contribution in [0.2, 0.25) is 0 Å². The van der Waals surface area contributed by atoms with E-state index in [4.69, 9.17) is 9.47 Å². The Morgan fingerprint density at radius 2 is 1.71 bits per heavy atom. The van der Waals surface area contributed by atoms with E-state index in [0.29, 0.717) is 5.56 Å². The summed E-state index contributed by atoms with van der Waals surface area (Å²) in [5.74, 6) is -1.66. The van der Waals surface area contributed by atoms with Crippen LogP contribution in [0.25, 0.3) is 11.1 Å². The van der Waals surface area contributed by atoms with Gasteiger partial charge in [0.25, 0.3) is 0 Å². The lowest BCUT2D eigenvalue weighted by molar-refractivity contribution is -0.162. The lowest BCUT2D eigenvalue weighted by atomic mass is 10.0. The zero-order valence-electron chi connectivity index (χ0n) is 13.4. The number of aliphatic hydroxyl groups excluding tert-OH is 1. The number of hydrogen-bond donors (Lipinski definition) is 1. The van der Waals surface area contributed by atoms with Crippen molar-refractivity contribution in [2.45, 2.75) is 11.9 Å². The molecule has 0 saturated carbocycles. The summed E-state index contributed by atoms with van der Waals surface area (Å²) in [6, 6.07) is 17.3. The molecule has 0 amide bonds. The van der Waals surface area contributed by atoms with Gasteiger partial charge in [-0.15, -0.1) is 0 Å². The van der Waals surface area contributed by atoms with Crippen molar-refractivity contribution >= 4 is 9.84 Å². The van der Waals surface area contributed by atoms with Crippen LogP contribution in [-0.2, 0) is 25.1 Å². The van der Waals surface area contributed by atoms with Crippen molar-refractivity contribution in [2.75, 3.05) is 25.2 Å². The van der Waals surface area contributed by atoms with Gasteiger partial charge in [0.05, 0.1) is 13.2 Å². The van der Waals surface area contributed by atoms with E-state index in [9.17, 15) is 13.5 Å². The molecule has 0 aromatic heterocycles. The largest absolute Gasteiger partial charge is 0.394 e. The van der Waals surface area contributed by atoms with Gasteiger partial charge in [-0.1, -0.05) is 54.6 Å². The topological polar surface area (TPSA) is 72.8 Å². The number of ether oxygens (including phenoxy) is 2. The summed E-state index contributed by atoms with van der Waals surface area (Å²) < 4.78 is 35.1. The molecule has 5 nitrogen and oxygen atoms in total. The molecule has 0 aliphatic carbocycles.